The van der Waals surface area contributed by atoms with Crippen LogP contribution in [0.25, 0.3) is 11.8 Å². The fraction of sp³-hybridized carbons (Fsp3) is 0.143. The normalized spacial score (nSPS) is 17.0. The molecule has 4 aromatic rings. The first-order chi connectivity index (χ1) is 16.6. The summed E-state index contributed by atoms with van der Waals surface area (Å²) < 4.78 is 9.05. The summed E-state index contributed by atoms with van der Waals surface area (Å²) in [6.07, 6.45) is 3.74. The summed E-state index contributed by atoms with van der Waals surface area (Å²) >= 11 is 4.98. The molecule has 0 bridgehead atoms. The molecule has 1 aliphatic heterocycles. The molecule has 3 aromatic carbocycles. The first-order valence-corrected chi connectivity index (χ1v) is 12.8. The van der Waals surface area contributed by atoms with E-state index in [0.717, 1.165) is 44.7 Å². The summed E-state index contributed by atoms with van der Waals surface area (Å²) in [5.41, 5.74) is 6.66. The van der Waals surface area contributed by atoms with Crippen molar-refractivity contribution >= 4 is 39.0 Å². The lowest BCUT2D eigenvalue weighted by molar-refractivity contribution is 0.414. The Kier molecular flexibility index (Phi) is 5.35. The number of halogens is 1. The van der Waals surface area contributed by atoms with Crippen LogP contribution in [-0.4, -0.2) is 11.7 Å². The van der Waals surface area contributed by atoms with Crippen LogP contribution in [0.1, 0.15) is 34.7 Å². The maximum absolute atomic E-state index is 13.8. The SMILES string of the molecule is COc1ccccc1/C=c1\sc2n(c1=O)[C@@H](c1ccc(Br)cc1)C1=C(N=2)c2ccccc2CC1. The zero-order valence-electron chi connectivity index (χ0n) is 18.5. The van der Waals surface area contributed by atoms with Crippen LogP contribution >= 0.6 is 27.3 Å². The number of rotatable bonds is 3. The van der Waals surface area contributed by atoms with Crippen molar-refractivity contribution in [2.45, 2.75) is 18.9 Å². The van der Waals surface area contributed by atoms with Gasteiger partial charge < -0.3 is 4.74 Å². The van der Waals surface area contributed by atoms with Crippen LogP contribution in [0.3, 0.4) is 0 Å². The average molecular weight is 529 g/mol. The van der Waals surface area contributed by atoms with Crippen LogP contribution in [0.2, 0.25) is 0 Å². The van der Waals surface area contributed by atoms with Gasteiger partial charge in [-0.1, -0.05) is 81.9 Å². The monoisotopic (exact) mass is 528 g/mol. The molecule has 6 heteroatoms. The van der Waals surface area contributed by atoms with Crippen molar-refractivity contribution in [3.05, 3.63) is 125 Å². The van der Waals surface area contributed by atoms with Gasteiger partial charge in [0.15, 0.2) is 4.80 Å². The standard InChI is InChI=1S/C28H21BrN2O2S/c1-33-23-9-5-3-7-19(23)16-24-27(32)31-26(18-10-13-20(29)14-11-18)22-15-12-17-6-2-4-8-21(17)25(22)30-28(31)34-24/h2-11,13-14,16,26H,12,15H2,1H3/b24-16-/t26-/m0/s1. The van der Waals surface area contributed by atoms with Gasteiger partial charge >= 0.3 is 0 Å². The molecule has 0 amide bonds. The van der Waals surface area contributed by atoms with E-state index in [1.54, 1.807) is 7.11 Å². The Labute approximate surface area is 209 Å². The molecular formula is C28H21BrN2O2S. The Bertz CT molecular complexity index is 1630. The van der Waals surface area contributed by atoms with Gasteiger partial charge in [0, 0.05) is 15.6 Å². The van der Waals surface area contributed by atoms with E-state index in [2.05, 4.69) is 52.3 Å². The van der Waals surface area contributed by atoms with Crippen molar-refractivity contribution < 1.29 is 4.74 Å². The summed E-state index contributed by atoms with van der Waals surface area (Å²) in [4.78, 5) is 19.6. The van der Waals surface area contributed by atoms with E-state index >= 15 is 0 Å². The van der Waals surface area contributed by atoms with Gasteiger partial charge in [0.1, 0.15) is 5.75 Å². The third kappa shape index (κ3) is 3.49. The highest BCUT2D eigenvalue weighted by Crippen LogP contribution is 2.41. The summed E-state index contributed by atoms with van der Waals surface area (Å²) in [5.74, 6) is 0.742. The molecule has 0 unspecified atom stereocenters. The lowest BCUT2D eigenvalue weighted by Gasteiger charge is -2.30. The molecule has 0 saturated heterocycles. The molecule has 0 spiro atoms. The lowest BCUT2D eigenvalue weighted by atomic mass is 9.83. The molecule has 1 atom stereocenters. The Morgan fingerprint density at radius 3 is 2.62 bits per heavy atom. The molecule has 4 nitrogen and oxygen atoms in total. The Morgan fingerprint density at radius 2 is 1.79 bits per heavy atom. The van der Waals surface area contributed by atoms with Crippen LogP contribution in [0.5, 0.6) is 5.75 Å². The fourth-order valence-corrected chi connectivity index (χ4v) is 6.15. The number of para-hydroxylation sites is 1. The molecule has 0 fully saturated rings. The quantitative estimate of drug-likeness (QED) is 0.371. The summed E-state index contributed by atoms with van der Waals surface area (Å²) in [6.45, 7) is 0. The highest BCUT2D eigenvalue weighted by Gasteiger charge is 2.32. The van der Waals surface area contributed by atoms with Gasteiger partial charge in [-0.25, -0.2) is 4.99 Å². The number of hydrogen-bond donors (Lipinski definition) is 0. The number of methoxy groups -OCH3 is 1. The van der Waals surface area contributed by atoms with Crippen LogP contribution in [0, 0.1) is 0 Å². The maximum Gasteiger partial charge on any atom is 0.271 e. The first kappa shape index (κ1) is 21.3. The van der Waals surface area contributed by atoms with Gasteiger partial charge in [-0.15, -0.1) is 0 Å². The number of thiazole rings is 1. The Morgan fingerprint density at radius 1 is 1.03 bits per heavy atom. The van der Waals surface area contributed by atoms with Crippen LogP contribution in [-0.2, 0) is 6.42 Å². The Balaban J connectivity index is 1.63. The number of benzene rings is 3. The largest absolute Gasteiger partial charge is 0.496 e. The van der Waals surface area contributed by atoms with Crippen molar-refractivity contribution in [1.29, 1.82) is 0 Å². The van der Waals surface area contributed by atoms with Crippen molar-refractivity contribution in [2.24, 2.45) is 4.99 Å². The molecule has 6 rings (SSSR count). The maximum atomic E-state index is 13.8. The molecule has 0 N–H and O–H groups in total. The van der Waals surface area contributed by atoms with Gasteiger partial charge in [-0.05, 0) is 53.8 Å². The molecule has 0 saturated carbocycles. The Hall–Kier alpha value is -3.22. The van der Waals surface area contributed by atoms with Crippen LogP contribution in [0.4, 0.5) is 0 Å². The number of aromatic nitrogens is 1. The third-order valence-electron chi connectivity index (χ3n) is 6.48. The van der Waals surface area contributed by atoms with Gasteiger partial charge in [0.25, 0.3) is 5.56 Å². The summed E-state index contributed by atoms with van der Waals surface area (Å²) in [5, 5.41) is 0. The van der Waals surface area contributed by atoms with Crippen LogP contribution < -0.4 is 19.6 Å². The first-order valence-electron chi connectivity index (χ1n) is 11.2. The second-order valence-electron chi connectivity index (χ2n) is 8.41. The number of ether oxygens (including phenoxy) is 1. The van der Waals surface area contributed by atoms with Crippen molar-refractivity contribution in [2.75, 3.05) is 7.11 Å². The number of aryl methyl sites for hydroxylation is 1. The predicted molar refractivity (Wildman–Crippen MR) is 140 cm³/mol. The minimum Gasteiger partial charge on any atom is -0.496 e. The van der Waals surface area contributed by atoms with E-state index in [1.807, 2.05) is 47.0 Å². The zero-order valence-corrected chi connectivity index (χ0v) is 20.9. The molecule has 168 valence electrons. The smallest absolute Gasteiger partial charge is 0.271 e. The molecule has 1 aliphatic carbocycles. The van der Waals surface area contributed by atoms with E-state index in [-0.39, 0.29) is 11.6 Å². The molecule has 2 heterocycles. The molecule has 0 radical (unpaired) electrons. The second-order valence-corrected chi connectivity index (χ2v) is 10.3. The molecule has 34 heavy (non-hydrogen) atoms. The van der Waals surface area contributed by atoms with Gasteiger partial charge in [0.05, 0.1) is 23.4 Å². The average Bonchev–Trinajstić information content (AvgIpc) is 3.18. The molecule has 2 aliphatic rings. The number of allylic oxidation sites excluding steroid dienone is 1. The summed E-state index contributed by atoms with van der Waals surface area (Å²) in [7, 11) is 1.65. The van der Waals surface area contributed by atoms with E-state index < -0.39 is 0 Å². The lowest BCUT2D eigenvalue weighted by Crippen LogP contribution is -2.38. The number of nitrogens with zero attached hydrogens (tertiary/aromatic N) is 2. The van der Waals surface area contributed by atoms with E-state index in [9.17, 15) is 4.79 Å². The minimum atomic E-state index is -0.174. The highest BCUT2D eigenvalue weighted by molar-refractivity contribution is 9.10. The number of fused-ring (bicyclic) bond motifs is 3. The zero-order chi connectivity index (χ0) is 23.2. The fourth-order valence-electron chi connectivity index (χ4n) is 4.89. The topological polar surface area (TPSA) is 43.6 Å². The second kappa shape index (κ2) is 8.53. The minimum absolute atomic E-state index is 0.0204. The molecular weight excluding hydrogens is 508 g/mol. The van der Waals surface area contributed by atoms with Crippen molar-refractivity contribution in [1.82, 2.24) is 4.57 Å². The van der Waals surface area contributed by atoms with E-state index in [4.69, 9.17) is 9.73 Å². The van der Waals surface area contributed by atoms with E-state index in [1.165, 1.54) is 28.0 Å². The highest BCUT2D eigenvalue weighted by atomic mass is 79.9. The van der Waals surface area contributed by atoms with Crippen LogP contribution in [0.15, 0.2) is 92.6 Å². The summed E-state index contributed by atoms with van der Waals surface area (Å²) in [6, 6.07) is 24.3. The molecule has 1 aromatic heterocycles. The number of hydrogen-bond acceptors (Lipinski definition) is 4. The van der Waals surface area contributed by atoms with Crippen molar-refractivity contribution in [3.8, 4) is 5.75 Å². The van der Waals surface area contributed by atoms with E-state index in [0.29, 0.717) is 4.53 Å². The van der Waals surface area contributed by atoms with Crippen molar-refractivity contribution in [3.63, 3.8) is 0 Å². The van der Waals surface area contributed by atoms with Gasteiger partial charge in [-0.3, -0.25) is 9.36 Å². The van der Waals surface area contributed by atoms with Gasteiger partial charge in [-0.2, -0.15) is 0 Å². The third-order valence-corrected chi connectivity index (χ3v) is 8.00. The van der Waals surface area contributed by atoms with Gasteiger partial charge in [0.2, 0.25) is 0 Å². The predicted octanol–water partition coefficient (Wildman–Crippen LogP) is 5.09.